The normalized spacial score (nSPS) is 18.0. The van der Waals surface area contributed by atoms with Gasteiger partial charge in [0.05, 0.1) is 0 Å². The second-order valence-electron chi connectivity index (χ2n) is 3.49. The fourth-order valence-corrected chi connectivity index (χ4v) is 2.96. The molecule has 1 aliphatic heterocycles. The van der Waals surface area contributed by atoms with E-state index in [0.29, 0.717) is 10.2 Å². The van der Waals surface area contributed by atoms with Crippen molar-refractivity contribution in [2.75, 3.05) is 24.6 Å². The first-order valence-corrected chi connectivity index (χ1v) is 6.77. The van der Waals surface area contributed by atoms with E-state index in [1.165, 1.54) is 11.5 Å². The summed E-state index contributed by atoms with van der Waals surface area (Å²) in [5.41, 5.74) is 1.06. The molecular weight excluding hydrogens is 251 g/mol. The Labute approximate surface area is 104 Å². The fourth-order valence-electron chi connectivity index (χ4n) is 1.55. The highest BCUT2D eigenvalue weighted by atomic mass is 35.5. The second kappa shape index (κ2) is 5.39. The molecule has 1 aliphatic rings. The fraction of sp³-hybridized carbons (Fsp3) is 0.500. The summed E-state index contributed by atoms with van der Waals surface area (Å²) in [6.45, 7) is 3.14. The Kier molecular flexibility index (Phi) is 4.14. The van der Waals surface area contributed by atoms with Crippen LogP contribution in [0.3, 0.4) is 0 Å². The molecule has 1 aromatic rings. The number of nitrogens with zero attached hydrogens (tertiary/aromatic N) is 2. The predicted molar refractivity (Wildman–Crippen MR) is 66.9 cm³/mol. The van der Waals surface area contributed by atoms with Crippen molar-refractivity contribution in [1.29, 1.82) is 0 Å². The molecular formula is C10H12Cl2N2S. The van der Waals surface area contributed by atoms with Crippen molar-refractivity contribution < 1.29 is 0 Å². The van der Waals surface area contributed by atoms with Crippen LogP contribution in [0.1, 0.15) is 5.56 Å². The molecule has 0 amide bonds. The van der Waals surface area contributed by atoms with E-state index in [4.69, 9.17) is 23.2 Å². The van der Waals surface area contributed by atoms with E-state index in [1.54, 1.807) is 12.3 Å². The van der Waals surface area contributed by atoms with Crippen LogP contribution in [-0.4, -0.2) is 34.5 Å². The minimum absolute atomic E-state index is 0.456. The van der Waals surface area contributed by atoms with Gasteiger partial charge in [-0.15, -0.1) is 0 Å². The van der Waals surface area contributed by atoms with E-state index in [-0.39, 0.29) is 0 Å². The largest absolute Gasteiger partial charge is 0.297 e. The van der Waals surface area contributed by atoms with E-state index in [9.17, 15) is 0 Å². The molecule has 1 fully saturated rings. The minimum atomic E-state index is 0.456. The summed E-state index contributed by atoms with van der Waals surface area (Å²) in [6, 6.07) is 1.71. The average Bonchev–Trinajstić information content (AvgIpc) is 2.24. The molecule has 0 spiro atoms. The van der Waals surface area contributed by atoms with Crippen LogP contribution in [0.5, 0.6) is 0 Å². The molecule has 0 bridgehead atoms. The molecule has 0 N–H and O–H groups in total. The van der Waals surface area contributed by atoms with Gasteiger partial charge < -0.3 is 0 Å². The van der Waals surface area contributed by atoms with Gasteiger partial charge in [-0.3, -0.25) is 4.90 Å². The van der Waals surface area contributed by atoms with Gasteiger partial charge in [-0.25, -0.2) is 4.98 Å². The summed E-state index contributed by atoms with van der Waals surface area (Å²) in [4.78, 5) is 6.45. The van der Waals surface area contributed by atoms with Gasteiger partial charge in [0.15, 0.2) is 0 Å². The Hall–Kier alpha value is 0.0400. The minimum Gasteiger partial charge on any atom is -0.297 e. The van der Waals surface area contributed by atoms with Crippen LogP contribution >= 0.6 is 35.0 Å². The van der Waals surface area contributed by atoms with Gasteiger partial charge in [0.1, 0.15) is 5.15 Å². The van der Waals surface area contributed by atoms with Crippen molar-refractivity contribution in [3.05, 3.63) is 28.0 Å². The van der Waals surface area contributed by atoms with Crippen LogP contribution < -0.4 is 0 Å². The average molecular weight is 263 g/mol. The molecule has 5 heteroatoms. The topological polar surface area (TPSA) is 16.1 Å². The predicted octanol–water partition coefficient (Wildman–Crippen LogP) is 2.94. The lowest BCUT2D eigenvalue weighted by molar-refractivity contribution is 0.294. The first-order chi connectivity index (χ1) is 7.25. The smallest absolute Gasteiger partial charge is 0.130 e. The molecule has 0 unspecified atom stereocenters. The van der Waals surface area contributed by atoms with Crippen molar-refractivity contribution in [2.24, 2.45) is 0 Å². The quantitative estimate of drug-likeness (QED) is 0.763. The van der Waals surface area contributed by atoms with Crippen LogP contribution in [0.4, 0.5) is 0 Å². The molecule has 15 heavy (non-hydrogen) atoms. The maximum absolute atomic E-state index is 6.09. The Morgan fingerprint density at radius 3 is 2.73 bits per heavy atom. The zero-order chi connectivity index (χ0) is 10.7. The third-order valence-corrected chi connectivity index (χ3v) is 3.90. The molecule has 82 valence electrons. The van der Waals surface area contributed by atoms with Gasteiger partial charge in [0.25, 0.3) is 0 Å². The van der Waals surface area contributed by atoms with Crippen molar-refractivity contribution in [1.82, 2.24) is 9.88 Å². The summed E-state index contributed by atoms with van der Waals surface area (Å²) in [5.74, 6) is 2.41. The van der Waals surface area contributed by atoms with Crippen LogP contribution in [0.25, 0.3) is 0 Å². The molecule has 2 rings (SSSR count). The molecule has 1 aromatic heterocycles. The van der Waals surface area contributed by atoms with Crippen molar-refractivity contribution >= 4 is 35.0 Å². The van der Waals surface area contributed by atoms with Gasteiger partial charge in [0, 0.05) is 47.9 Å². The summed E-state index contributed by atoms with van der Waals surface area (Å²) in [7, 11) is 0. The van der Waals surface area contributed by atoms with E-state index in [2.05, 4.69) is 9.88 Å². The Morgan fingerprint density at radius 2 is 2.07 bits per heavy atom. The lowest BCUT2D eigenvalue weighted by Gasteiger charge is -2.26. The number of halogens is 2. The number of aromatic nitrogens is 1. The Bertz CT molecular complexity index is 340. The van der Waals surface area contributed by atoms with E-state index >= 15 is 0 Å². The molecule has 0 aromatic carbocycles. The molecule has 0 aliphatic carbocycles. The maximum atomic E-state index is 6.09. The van der Waals surface area contributed by atoms with Gasteiger partial charge >= 0.3 is 0 Å². The zero-order valence-corrected chi connectivity index (χ0v) is 10.6. The van der Waals surface area contributed by atoms with E-state index < -0.39 is 0 Å². The number of thioether (sulfide) groups is 1. The summed E-state index contributed by atoms with van der Waals surface area (Å²) < 4.78 is 0. The standard InChI is InChI=1S/C10H12Cl2N2S/c11-9-5-10(12)13-6-8(9)7-14-1-3-15-4-2-14/h5-6H,1-4,7H2. The number of rotatable bonds is 2. The van der Waals surface area contributed by atoms with Gasteiger partial charge in [-0.2, -0.15) is 11.8 Å². The van der Waals surface area contributed by atoms with Crippen molar-refractivity contribution in [3.8, 4) is 0 Å². The summed E-state index contributed by atoms with van der Waals surface area (Å²) in [5, 5.41) is 1.17. The highest BCUT2D eigenvalue weighted by Gasteiger charge is 2.12. The first-order valence-electron chi connectivity index (χ1n) is 4.86. The van der Waals surface area contributed by atoms with E-state index in [1.807, 2.05) is 11.8 Å². The molecule has 2 nitrogen and oxygen atoms in total. The molecule has 0 saturated carbocycles. The molecule has 1 saturated heterocycles. The Balaban J connectivity index is 2.03. The highest BCUT2D eigenvalue weighted by molar-refractivity contribution is 7.99. The highest BCUT2D eigenvalue weighted by Crippen LogP contribution is 2.21. The van der Waals surface area contributed by atoms with Gasteiger partial charge in [-0.1, -0.05) is 23.2 Å². The van der Waals surface area contributed by atoms with Gasteiger partial charge in [0.2, 0.25) is 0 Å². The van der Waals surface area contributed by atoms with Gasteiger partial charge in [-0.05, 0) is 6.07 Å². The summed E-state index contributed by atoms with van der Waals surface area (Å²) in [6.07, 6.45) is 1.77. The number of hydrogen-bond donors (Lipinski definition) is 0. The monoisotopic (exact) mass is 262 g/mol. The lowest BCUT2D eigenvalue weighted by Crippen LogP contribution is -2.32. The molecule has 2 heterocycles. The summed E-state index contributed by atoms with van der Waals surface area (Å²) >= 11 is 13.8. The van der Waals surface area contributed by atoms with Crippen LogP contribution in [0, 0.1) is 0 Å². The first kappa shape index (κ1) is 11.5. The van der Waals surface area contributed by atoms with E-state index in [0.717, 1.165) is 25.2 Å². The van der Waals surface area contributed by atoms with Crippen LogP contribution in [0.2, 0.25) is 10.2 Å². The third kappa shape index (κ3) is 3.25. The van der Waals surface area contributed by atoms with Crippen LogP contribution in [-0.2, 0) is 6.54 Å². The number of pyridine rings is 1. The maximum Gasteiger partial charge on any atom is 0.130 e. The molecule has 0 atom stereocenters. The van der Waals surface area contributed by atoms with Crippen molar-refractivity contribution in [2.45, 2.75) is 6.54 Å². The zero-order valence-electron chi connectivity index (χ0n) is 8.25. The number of hydrogen-bond acceptors (Lipinski definition) is 3. The third-order valence-electron chi connectivity index (χ3n) is 2.39. The second-order valence-corrected chi connectivity index (χ2v) is 5.51. The SMILES string of the molecule is Clc1cc(Cl)c(CN2CCSCC2)cn1. The lowest BCUT2D eigenvalue weighted by atomic mass is 10.2. The molecule has 0 radical (unpaired) electrons. The Morgan fingerprint density at radius 1 is 1.33 bits per heavy atom. The van der Waals surface area contributed by atoms with Crippen molar-refractivity contribution in [3.63, 3.8) is 0 Å². The van der Waals surface area contributed by atoms with Crippen LogP contribution in [0.15, 0.2) is 12.3 Å².